The molecule has 1 aromatic heterocycles. The Morgan fingerprint density at radius 1 is 1.50 bits per heavy atom. The van der Waals surface area contributed by atoms with Crippen molar-refractivity contribution < 1.29 is 9.90 Å². The van der Waals surface area contributed by atoms with E-state index in [-0.39, 0.29) is 11.3 Å². The Morgan fingerprint density at radius 3 is 2.85 bits per heavy atom. The van der Waals surface area contributed by atoms with Crippen molar-refractivity contribution in [2.75, 3.05) is 5.75 Å². The summed E-state index contributed by atoms with van der Waals surface area (Å²) in [6.07, 6.45) is 3.49. The van der Waals surface area contributed by atoms with Gasteiger partial charge in [-0.2, -0.15) is 0 Å². The maximum atomic E-state index is 10.8. The molecule has 2 aromatic rings. The molecule has 1 aromatic carbocycles. The molecule has 3 rings (SSSR count). The van der Waals surface area contributed by atoms with Gasteiger partial charge in [0.2, 0.25) is 0 Å². The molecule has 20 heavy (non-hydrogen) atoms. The van der Waals surface area contributed by atoms with Gasteiger partial charge in [0.1, 0.15) is 0 Å². The minimum Gasteiger partial charge on any atom is -0.481 e. The molecule has 4 nitrogen and oxygen atoms in total. The minimum absolute atomic E-state index is 0.0540. The molecule has 0 radical (unpaired) electrons. The van der Waals surface area contributed by atoms with Crippen molar-refractivity contribution in [1.29, 1.82) is 0 Å². The van der Waals surface area contributed by atoms with E-state index in [9.17, 15) is 4.79 Å². The highest BCUT2D eigenvalue weighted by Crippen LogP contribution is 2.43. The molecule has 1 aliphatic carbocycles. The van der Waals surface area contributed by atoms with Gasteiger partial charge in [0.15, 0.2) is 5.16 Å². The second-order valence-corrected chi connectivity index (χ2v) is 6.70. The average Bonchev–Trinajstić information content (AvgIpc) is 2.71. The van der Waals surface area contributed by atoms with Gasteiger partial charge in [0.05, 0.1) is 16.8 Å². The number of aromatic nitrogens is 2. The fourth-order valence-electron chi connectivity index (χ4n) is 2.82. The van der Waals surface area contributed by atoms with Crippen LogP contribution in [0, 0.1) is 6.92 Å². The van der Waals surface area contributed by atoms with Crippen molar-refractivity contribution in [3.05, 3.63) is 23.8 Å². The summed E-state index contributed by atoms with van der Waals surface area (Å²) in [5.41, 5.74) is 3.37. The van der Waals surface area contributed by atoms with Crippen LogP contribution < -0.4 is 0 Å². The zero-order valence-corrected chi connectivity index (χ0v) is 12.5. The van der Waals surface area contributed by atoms with E-state index in [1.165, 1.54) is 23.7 Å². The van der Waals surface area contributed by atoms with Gasteiger partial charge in [-0.15, -0.1) is 0 Å². The highest BCUT2D eigenvalue weighted by Gasteiger charge is 2.36. The number of fused-ring (bicyclic) bond motifs is 1. The topological polar surface area (TPSA) is 55.1 Å². The number of carbonyl (C=O) groups is 1. The molecule has 0 atom stereocenters. The molecule has 0 saturated heterocycles. The van der Waals surface area contributed by atoms with E-state index in [1.54, 1.807) is 0 Å². The first-order valence-corrected chi connectivity index (χ1v) is 7.82. The maximum Gasteiger partial charge on any atom is 0.313 e. The quantitative estimate of drug-likeness (QED) is 0.877. The SMILES string of the molecule is Cc1ccc2nc(SCC(=O)O)n(C3(C)CCC3)c2c1. The smallest absolute Gasteiger partial charge is 0.313 e. The summed E-state index contributed by atoms with van der Waals surface area (Å²) in [5, 5.41) is 9.73. The summed E-state index contributed by atoms with van der Waals surface area (Å²) in [4.78, 5) is 15.5. The first kappa shape index (κ1) is 13.5. The lowest BCUT2D eigenvalue weighted by Crippen LogP contribution is -2.37. The van der Waals surface area contributed by atoms with Gasteiger partial charge in [-0.1, -0.05) is 17.8 Å². The van der Waals surface area contributed by atoms with Crippen LogP contribution in [0.4, 0.5) is 0 Å². The monoisotopic (exact) mass is 290 g/mol. The van der Waals surface area contributed by atoms with Crippen molar-refractivity contribution in [1.82, 2.24) is 9.55 Å². The third-order valence-corrected chi connectivity index (χ3v) is 5.00. The van der Waals surface area contributed by atoms with Crippen LogP contribution in [0.1, 0.15) is 31.7 Å². The number of hydrogen-bond donors (Lipinski definition) is 1. The molecule has 1 N–H and O–H groups in total. The van der Waals surface area contributed by atoms with Gasteiger partial charge < -0.3 is 9.67 Å². The molecule has 0 aliphatic heterocycles. The van der Waals surface area contributed by atoms with E-state index >= 15 is 0 Å². The van der Waals surface area contributed by atoms with Crippen molar-refractivity contribution in [2.45, 2.75) is 43.8 Å². The van der Waals surface area contributed by atoms with E-state index < -0.39 is 5.97 Å². The third kappa shape index (κ3) is 2.20. The van der Waals surface area contributed by atoms with E-state index in [0.717, 1.165) is 29.0 Å². The van der Waals surface area contributed by atoms with E-state index in [4.69, 9.17) is 5.11 Å². The number of hydrogen-bond acceptors (Lipinski definition) is 3. The Morgan fingerprint density at radius 2 is 2.25 bits per heavy atom. The number of benzene rings is 1. The summed E-state index contributed by atoms with van der Waals surface area (Å²) in [5.74, 6) is -0.748. The second kappa shape index (κ2) is 4.81. The lowest BCUT2D eigenvalue weighted by Gasteiger charge is -2.41. The molecule has 0 bridgehead atoms. The number of thioether (sulfide) groups is 1. The molecule has 1 fully saturated rings. The Bertz CT molecular complexity index is 674. The van der Waals surface area contributed by atoms with Gasteiger partial charge in [0, 0.05) is 5.54 Å². The Kier molecular flexibility index (Phi) is 3.24. The predicted octanol–water partition coefficient (Wildman–Crippen LogP) is 3.42. The zero-order chi connectivity index (χ0) is 14.3. The molecule has 106 valence electrons. The third-order valence-electron chi connectivity index (χ3n) is 4.07. The molecular formula is C15H18N2O2S. The summed E-state index contributed by atoms with van der Waals surface area (Å²) in [6.45, 7) is 4.31. The lowest BCUT2D eigenvalue weighted by atomic mass is 9.78. The van der Waals surface area contributed by atoms with Crippen molar-refractivity contribution in [3.8, 4) is 0 Å². The molecule has 0 spiro atoms. The molecule has 1 aliphatic rings. The summed E-state index contributed by atoms with van der Waals surface area (Å²) in [6, 6.07) is 6.22. The first-order valence-electron chi connectivity index (χ1n) is 6.84. The number of imidazole rings is 1. The van der Waals surface area contributed by atoms with Crippen LogP contribution in [-0.4, -0.2) is 26.4 Å². The normalized spacial score (nSPS) is 17.1. The summed E-state index contributed by atoms with van der Waals surface area (Å²) >= 11 is 1.32. The maximum absolute atomic E-state index is 10.8. The van der Waals surface area contributed by atoms with Crippen LogP contribution >= 0.6 is 11.8 Å². The van der Waals surface area contributed by atoms with Crippen LogP contribution in [-0.2, 0) is 10.3 Å². The number of aliphatic carboxylic acids is 1. The Balaban J connectivity index is 2.12. The zero-order valence-electron chi connectivity index (χ0n) is 11.7. The minimum atomic E-state index is -0.802. The highest BCUT2D eigenvalue weighted by molar-refractivity contribution is 7.99. The number of nitrogens with zero attached hydrogens (tertiary/aromatic N) is 2. The second-order valence-electron chi connectivity index (χ2n) is 5.75. The Hall–Kier alpha value is -1.49. The standard InChI is InChI=1S/C15H18N2O2S/c1-10-4-5-11-12(8-10)17(15(2)6-3-7-15)14(16-11)20-9-13(18)19/h4-5,8H,3,6-7,9H2,1-2H3,(H,18,19). The molecule has 5 heteroatoms. The average molecular weight is 290 g/mol. The highest BCUT2D eigenvalue weighted by atomic mass is 32.2. The number of carboxylic acid groups (broad SMARTS) is 1. The van der Waals surface area contributed by atoms with Crippen molar-refractivity contribution >= 4 is 28.8 Å². The van der Waals surface area contributed by atoms with Gasteiger partial charge in [-0.05, 0) is 50.8 Å². The first-order chi connectivity index (χ1) is 9.49. The summed E-state index contributed by atoms with van der Waals surface area (Å²) in [7, 11) is 0. The summed E-state index contributed by atoms with van der Waals surface area (Å²) < 4.78 is 2.26. The van der Waals surface area contributed by atoms with Gasteiger partial charge in [-0.3, -0.25) is 4.79 Å². The van der Waals surface area contributed by atoms with Crippen molar-refractivity contribution in [3.63, 3.8) is 0 Å². The molecule has 0 amide bonds. The van der Waals surface area contributed by atoms with Crippen LogP contribution in [0.3, 0.4) is 0 Å². The number of aryl methyl sites for hydroxylation is 1. The molecule has 1 saturated carbocycles. The van der Waals surface area contributed by atoms with Crippen LogP contribution in [0.15, 0.2) is 23.4 Å². The molecule has 1 heterocycles. The molecule has 0 unspecified atom stereocenters. The predicted molar refractivity (Wildman–Crippen MR) is 80.3 cm³/mol. The molecular weight excluding hydrogens is 272 g/mol. The van der Waals surface area contributed by atoms with Gasteiger partial charge in [-0.25, -0.2) is 4.98 Å². The van der Waals surface area contributed by atoms with Gasteiger partial charge in [0.25, 0.3) is 0 Å². The van der Waals surface area contributed by atoms with Crippen molar-refractivity contribution in [2.24, 2.45) is 0 Å². The van der Waals surface area contributed by atoms with E-state index in [2.05, 4.69) is 35.5 Å². The van der Waals surface area contributed by atoms with Crippen LogP contribution in [0.25, 0.3) is 11.0 Å². The van der Waals surface area contributed by atoms with E-state index in [1.807, 2.05) is 6.07 Å². The fourth-order valence-corrected chi connectivity index (χ4v) is 3.68. The van der Waals surface area contributed by atoms with Crippen LogP contribution in [0.2, 0.25) is 0 Å². The largest absolute Gasteiger partial charge is 0.481 e. The fraction of sp³-hybridized carbons (Fsp3) is 0.467. The van der Waals surface area contributed by atoms with Gasteiger partial charge >= 0.3 is 5.97 Å². The number of rotatable bonds is 4. The van der Waals surface area contributed by atoms with E-state index in [0.29, 0.717) is 0 Å². The Labute approximate surface area is 122 Å². The number of carboxylic acids is 1. The van der Waals surface area contributed by atoms with Crippen LogP contribution in [0.5, 0.6) is 0 Å². The lowest BCUT2D eigenvalue weighted by molar-refractivity contribution is -0.133.